The van der Waals surface area contributed by atoms with Gasteiger partial charge in [0.2, 0.25) is 0 Å². The van der Waals surface area contributed by atoms with Crippen molar-refractivity contribution < 1.29 is 10.2 Å². The molecule has 0 aromatic heterocycles. The number of rotatable bonds is 1. The topological polar surface area (TPSA) is 40.5 Å². The van der Waals surface area contributed by atoms with Crippen LogP contribution in [-0.4, -0.2) is 21.9 Å². The van der Waals surface area contributed by atoms with Crippen molar-refractivity contribution in [2.24, 2.45) is 35.0 Å². The summed E-state index contributed by atoms with van der Waals surface area (Å²) in [7, 11) is 0. The third-order valence-electron chi connectivity index (χ3n) is 8.83. The van der Waals surface area contributed by atoms with Crippen LogP contribution >= 0.6 is 0 Å². The van der Waals surface area contributed by atoms with Gasteiger partial charge in [-0.2, -0.15) is 0 Å². The van der Waals surface area contributed by atoms with E-state index in [0.29, 0.717) is 0 Å². The van der Waals surface area contributed by atoms with Gasteiger partial charge in [-0.3, -0.25) is 0 Å². The summed E-state index contributed by atoms with van der Waals surface area (Å²) in [4.78, 5) is 0. The monoisotopic (exact) mass is 306 g/mol. The average molecular weight is 306 g/mol. The molecule has 0 amide bonds. The lowest BCUT2D eigenvalue weighted by Gasteiger charge is -2.57. The molecule has 0 bridgehead atoms. The molecular formula is C20H34O2. The Balaban J connectivity index is 1.58. The fraction of sp³-hybridized carbons (Fsp3) is 1.00. The molecule has 4 saturated carbocycles. The zero-order chi connectivity index (χ0) is 15.5. The van der Waals surface area contributed by atoms with Gasteiger partial charge in [0, 0.05) is 0 Å². The second-order valence-corrected chi connectivity index (χ2v) is 9.28. The van der Waals surface area contributed by atoms with Crippen LogP contribution in [-0.2, 0) is 0 Å². The molecule has 2 nitrogen and oxygen atoms in total. The minimum absolute atomic E-state index is 0.0247. The van der Waals surface area contributed by atoms with E-state index in [0.717, 1.165) is 55.3 Å². The Labute approximate surface area is 135 Å². The molecule has 0 radical (unpaired) electrons. The first-order chi connectivity index (χ1) is 10.5. The van der Waals surface area contributed by atoms with Crippen molar-refractivity contribution in [2.45, 2.75) is 89.8 Å². The predicted octanol–water partition coefficient (Wildman–Crippen LogP) is 4.14. The highest BCUT2D eigenvalue weighted by molar-refractivity contribution is 5.11. The predicted molar refractivity (Wildman–Crippen MR) is 88.4 cm³/mol. The third-order valence-corrected chi connectivity index (χ3v) is 8.83. The van der Waals surface area contributed by atoms with Gasteiger partial charge < -0.3 is 10.2 Å². The molecule has 0 spiro atoms. The molecular weight excluding hydrogens is 272 g/mol. The third kappa shape index (κ3) is 1.99. The molecule has 4 aliphatic rings. The Morgan fingerprint density at radius 3 is 2.45 bits per heavy atom. The van der Waals surface area contributed by atoms with E-state index in [1.807, 2.05) is 0 Å². The highest BCUT2D eigenvalue weighted by atomic mass is 16.3. The number of aliphatic hydroxyl groups excluding tert-OH is 1. The SMILES string of the molecule is CC[C@]1(O)CC[C@H]2[C@@H]3CC[C@H]4C[C@H](O)CC[C@@H]4[C@H]3CC[C@@]21C. The van der Waals surface area contributed by atoms with E-state index in [2.05, 4.69) is 13.8 Å². The summed E-state index contributed by atoms with van der Waals surface area (Å²) in [6.45, 7) is 4.58. The summed E-state index contributed by atoms with van der Waals surface area (Å²) >= 11 is 0. The molecule has 0 heterocycles. The van der Waals surface area contributed by atoms with Gasteiger partial charge in [-0.15, -0.1) is 0 Å². The second kappa shape index (κ2) is 5.21. The molecule has 2 N–H and O–H groups in total. The van der Waals surface area contributed by atoms with E-state index in [1.165, 1.54) is 38.5 Å². The van der Waals surface area contributed by atoms with Crippen molar-refractivity contribution in [1.29, 1.82) is 0 Å². The van der Waals surface area contributed by atoms with Gasteiger partial charge in [0.25, 0.3) is 0 Å². The van der Waals surface area contributed by atoms with Gasteiger partial charge >= 0.3 is 0 Å². The van der Waals surface area contributed by atoms with Gasteiger partial charge in [-0.1, -0.05) is 13.8 Å². The average Bonchev–Trinajstić information content (AvgIpc) is 2.79. The first kappa shape index (κ1) is 15.4. The second-order valence-electron chi connectivity index (χ2n) is 9.28. The first-order valence-electron chi connectivity index (χ1n) is 9.89. The van der Waals surface area contributed by atoms with Crippen molar-refractivity contribution in [1.82, 2.24) is 0 Å². The fourth-order valence-corrected chi connectivity index (χ4v) is 7.52. The molecule has 0 aliphatic heterocycles. The fourth-order valence-electron chi connectivity index (χ4n) is 7.52. The van der Waals surface area contributed by atoms with Crippen molar-refractivity contribution in [3.63, 3.8) is 0 Å². The van der Waals surface area contributed by atoms with Crippen LogP contribution in [0, 0.1) is 35.0 Å². The smallest absolute Gasteiger partial charge is 0.0701 e. The van der Waals surface area contributed by atoms with E-state index in [9.17, 15) is 10.2 Å². The maximum atomic E-state index is 11.2. The molecule has 4 rings (SSSR count). The molecule has 0 aromatic carbocycles. The summed E-state index contributed by atoms with van der Waals surface area (Å²) in [5, 5.41) is 21.2. The van der Waals surface area contributed by atoms with Gasteiger partial charge in [-0.25, -0.2) is 0 Å². The number of fused-ring (bicyclic) bond motifs is 5. The van der Waals surface area contributed by atoms with Crippen LogP contribution in [0.3, 0.4) is 0 Å². The maximum absolute atomic E-state index is 11.2. The molecule has 0 aromatic rings. The lowest BCUT2D eigenvalue weighted by Crippen LogP contribution is -2.53. The molecule has 0 unspecified atom stereocenters. The standard InChI is InChI=1S/C20H34O2/c1-3-20(22)11-9-18-17-6-4-13-12-14(21)5-7-15(13)16(17)8-10-19(18,20)2/h13-18,21-22H,3-12H2,1-2H3/t13-,14+,15-,16+,17+,18-,19-,20-/m0/s1. The van der Waals surface area contributed by atoms with Crippen LogP contribution in [0.25, 0.3) is 0 Å². The molecule has 0 saturated heterocycles. The molecule has 8 atom stereocenters. The Bertz CT molecular complexity index is 435. The number of hydrogen-bond acceptors (Lipinski definition) is 2. The summed E-state index contributed by atoms with van der Waals surface area (Å²) in [6.07, 6.45) is 11.8. The van der Waals surface area contributed by atoms with Gasteiger partial charge in [0.05, 0.1) is 11.7 Å². The van der Waals surface area contributed by atoms with E-state index in [-0.39, 0.29) is 11.5 Å². The molecule has 22 heavy (non-hydrogen) atoms. The minimum Gasteiger partial charge on any atom is -0.393 e. The van der Waals surface area contributed by atoms with Gasteiger partial charge in [-0.05, 0) is 99.2 Å². The Hall–Kier alpha value is -0.0800. The van der Waals surface area contributed by atoms with Crippen molar-refractivity contribution in [3.05, 3.63) is 0 Å². The van der Waals surface area contributed by atoms with E-state index in [4.69, 9.17) is 0 Å². The number of hydrogen-bond donors (Lipinski definition) is 2. The highest BCUT2D eigenvalue weighted by Gasteiger charge is 2.61. The van der Waals surface area contributed by atoms with Crippen LogP contribution < -0.4 is 0 Å². The summed E-state index contributed by atoms with van der Waals surface area (Å²) < 4.78 is 0. The van der Waals surface area contributed by atoms with Crippen LogP contribution in [0.15, 0.2) is 0 Å². The lowest BCUT2D eigenvalue weighted by molar-refractivity contribution is -0.134. The molecule has 4 fully saturated rings. The summed E-state index contributed by atoms with van der Waals surface area (Å²) in [6, 6.07) is 0. The van der Waals surface area contributed by atoms with Crippen molar-refractivity contribution >= 4 is 0 Å². The quantitative estimate of drug-likeness (QED) is 0.764. The lowest BCUT2D eigenvalue weighted by atomic mass is 9.49. The summed E-state index contributed by atoms with van der Waals surface area (Å²) in [5.41, 5.74) is -0.230. The van der Waals surface area contributed by atoms with Crippen molar-refractivity contribution in [2.75, 3.05) is 0 Å². The van der Waals surface area contributed by atoms with E-state index in [1.54, 1.807) is 0 Å². The maximum Gasteiger partial charge on any atom is 0.0701 e. The zero-order valence-electron chi connectivity index (χ0n) is 14.4. The Kier molecular flexibility index (Phi) is 3.66. The zero-order valence-corrected chi connectivity index (χ0v) is 14.4. The largest absolute Gasteiger partial charge is 0.393 e. The first-order valence-corrected chi connectivity index (χ1v) is 9.89. The minimum atomic E-state index is -0.401. The van der Waals surface area contributed by atoms with Crippen LogP contribution in [0.5, 0.6) is 0 Å². The van der Waals surface area contributed by atoms with E-state index >= 15 is 0 Å². The van der Waals surface area contributed by atoms with Gasteiger partial charge in [0.15, 0.2) is 0 Å². The Morgan fingerprint density at radius 1 is 0.909 bits per heavy atom. The number of aliphatic hydroxyl groups is 2. The van der Waals surface area contributed by atoms with Crippen LogP contribution in [0.4, 0.5) is 0 Å². The van der Waals surface area contributed by atoms with Crippen LogP contribution in [0.1, 0.15) is 78.1 Å². The van der Waals surface area contributed by atoms with Crippen molar-refractivity contribution in [3.8, 4) is 0 Å². The normalized spacial score (nSPS) is 57.8. The summed E-state index contributed by atoms with van der Waals surface area (Å²) in [5.74, 6) is 4.17. The Morgan fingerprint density at radius 2 is 1.68 bits per heavy atom. The van der Waals surface area contributed by atoms with Gasteiger partial charge in [0.1, 0.15) is 0 Å². The molecule has 126 valence electrons. The molecule has 4 aliphatic carbocycles. The van der Waals surface area contributed by atoms with Crippen LogP contribution in [0.2, 0.25) is 0 Å². The molecule has 2 heteroatoms. The van der Waals surface area contributed by atoms with E-state index < -0.39 is 5.60 Å². The highest BCUT2D eigenvalue weighted by Crippen LogP contribution is 2.65.